The smallest absolute Gasteiger partial charge is 0.320 e. The fourth-order valence-corrected chi connectivity index (χ4v) is 2.21. The molecular weight excluding hydrogens is 246 g/mol. The van der Waals surface area contributed by atoms with Gasteiger partial charge in [0.1, 0.15) is 0 Å². The molecule has 1 unspecified atom stereocenters. The van der Waals surface area contributed by atoms with Crippen molar-refractivity contribution in [3.63, 3.8) is 0 Å². The zero-order valence-corrected chi connectivity index (χ0v) is 12.0. The lowest BCUT2D eigenvalue weighted by Gasteiger charge is -2.30. The van der Waals surface area contributed by atoms with Gasteiger partial charge in [0.15, 0.2) is 0 Å². The number of carbonyl (C=O) groups excluding carboxylic acids is 2. The minimum absolute atomic E-state index is 0.0999. The van der Waals surface area contributed by atoms with E-state index in [0.717, 1.165) is 32.2 Å². The fourth-order valence-electron chi connectivity index (χ4n) is 2.21. The summed E-state index contributed by atoms with van der Waals surface area (Å²) in [6, 6.07) is 0. The summed E-state index contributed by atoms with van der Waals surface area (Å²) < 4.78 is 10.2. The molecular formula is C14H25NO4. The summed E-state index contributed by atoms with van der Waals surface area (Å²) in [6.45, 7) is 6.49. The molecule has 19 heavy (non-hydrogen) atoms. The van der Waals surface area contributed by atoms with Gasteiger partial charge in [-0.1, -0.05) is 13.3 Å². The van der Waals surface area contributed by atoms with Crippen molar-refractivity contribution in [1.82, 2.24) is 4.90 Å². The Morgan fingerprint density at radius 3 is 2.74 bits per heavy atom. The molecule has 1 rings (SSSR count). The Labute approximate surface area is 115 Å². The number of unbranched alkanes of at least 4 members (excludes halogenated alkanes) is 1. The van der Waals surface area contributed by atoms with E-state index in [9.17, 15) is 9.59 Å². The Bertz CT molecular complexity index is 293. The maximum Gasteiger partial charge on any atom is 0.320 e. The van der Waals surface area contributed by atoms with E-state index in [4.69, 9.17) is 9.47 Å². The lowest BCUT2D eigenvalue weighted by atomic mass is 9.98. The van der Waals surface area contributed by atoms with Crippen LogP contribution in [0.1, 0.15) is 39.5 Å². The quantitative estimate of drug-likeness (QED) is 0.520. The fraction of sp³-hybridized carbons (Fsp3) is 0.857. The number of hydrogen-bond donors (Lipinski definition) is 0. The summed E-state index contributed by atoms with van der Waals surface area (Å²) in [5.74, 6) is -0.443. The van der Waals surface area contributed by atoms with Crippen molar-refractivity contribution in [3.8, 4) is 0 Å². The molecule has 0 aromatic heterocycles. The number of rotatable bonds is 7. The van der Waals surface area contributed by atoms with Crippen LogP contribution in [-0.4, -0.2) is 49.7 Å². The molecule has 110 valence electrons. The topological polar surface area (TPSA) is 55.8 Å². The van der Waals surface area contributed by atoms with E-state index in [-0.39, 0.29) is 24.4 Å². The molecule has 0 aromatic rings. The third-order valence-corrected chi connectivity index (χ3v) is 3.24. The van der Waals surface area contributed by atoms with Crippen LogP contribution < -0.4 is 0 Å². The van der Waals surface area contributed by atoms with E-state index in [1.54, 1.807) is 0 Å². The molecule has 1 aliphatic heterocycles. The van der Waals surface area contributed by atoms with Crippen LogP contribution in [0.3, 0.4) is 0 Å². The molecule has 1 heterocycles. The Hall–Kier alpha value is -1.10. The minimum Gasteiger partial charge on any atom is -0.466 e. The number of hydrogen-bond acceptors (Lipinski definition) is 5. The Morgan fingerprint density at radius 1 is 1.26 bits per heavy atom. The summed E-state index contributed by atoms with van der Waals surface area (Å²) in [4.78, 5) is 25.3. The van der Waals surface area contributed by atoms with E-state index < -0.39 is 0 Å². The van der Waals surface area contributed by atoms with Crippen LogP contribution in [0.25, 0.3) is 0 Å². The third kappa shape index (κ3) is 6.05. The second-order valence-electron chi connectivity index (χ2n) is 4.90. The maximum atomic E-state index is 11.7. The molecule has 1 saturated heterocycles. The van der Waals surface area contributed by atoms with Crippen molar-refractivity contribution in [2.24, 2.45) is 5.92 Å². The molecule has 1 aliphatic rings. The zero-order chi connectivity index (χ0) is 14.1. The number of esters is 2. The van der Waals surface area contributed by atoms with Gasteiger partial charge in [-0.05, 0) is 32.7 Å². The molecule has 0 aromatic carbocycles. The maximum absolute atomic E-state index is 11.7. The van der Waals surface area contributed by atoms with Crippen molar-refractivity contribution >= 4 is 11.9 Å². The van der Waals surface area contributed by atoms with Crippen LogP contribution in [0.5, 0.6) is 0 Å². The van der Waals surface area contributed by atoms with Gasteiger partial charge in [-0.25, -0.2) is 0 Å². The van der Waals surface area contributed by atoms with Crippen molar-refractivity contribution in [2.75, 3.05) is 32.8 Å². The molecule has 1 atom stereocenters. The van der Waals surface area contributed by atoms with Gasteiger partial charge < -0.3 is 9.47 Å². The standard InChI is InChI=1S/C14H25NO4/c1-3-5-9-19-13(16)11-15-8-6-7-12(10-15)14(17)18-4-2/h12H,3-11H2,1-2H3. The zero-order valence-electron chi connectivity index (χ0n) is 12.0. The average Bonchev–Trinajstić information content (AvgIpc) is 2.39. The van der Waals surface area contributed by atoms with Crippen LogP contribution >= 0.6 is 0 Å². The third-order valence-electron chi connectivity index (χ3n) is 3.24. The van der Waals surface area contributed by atoms with Crippen LogP contribution in [0.15, 0.2) is 0 Å². The van der Waals surface area contributed by atoms with Crippen molar-refractivity contribution in [1.29, 1.82) is 0 Å². The van der Waals surface area contributed by atoms with E-state index in [2.05, 4.69) is 6.92 Å². The SMILES string of the molecule is CCCCOC(=O)CN1CCCC(C(=O)OCC)C1. The molecule has 0 amide bonds. The van der Waals surface area contributed by atoms with Crippen molar-refractivity contribution < 1.29 is 19.1 Å². The molecule has 0 saturated carbocycles. The van der Waals surface area contributed by atoms with Gasteiger partial charge >= 0.3 is 11.9 Å². The van der Waals surface area contributed by atoms with E-state index in [1.165, 1.54) is 0 Å². The monoisotopic (exact) mass is 271 g/mol. The molecule has 5 heteroatoms. The van der Waals surface area contributed by atoms with Crippen LogP contribution in [0.4, 0.5) is 0 Å². The van der Waals surface area contributed by atoms with Gasteiger partial charge in [0, 0.05) is 6.54 Å². The minimum atomic E-state index is -0.196. The van der Waals surface area contributed by atoms with Crippen molar-refractivity contribution in [3.05, 3.63) is 0 Å². The van der Waals surface area contributed by atoms with Gasteiger partial charge in [0.2, 0.25) is 0 Å². The van der Waals surface area contributed by atoms with Crippen LogP contribution in [0.2, 0.25) is 0 Å². The summed E-state index contributed by atoms with van der Waals surface area (Å²) in [6.07, 6.45) is 3.69. The second kappa shape index (κ2) is 8.91. The first-order chi connectivity index (χ1) is 9.17. The van der Waals surface area contributed by atoms with Crippen LogP contribution in [0, 0.1) is 5.92 Å². The van der Waals surface area contributed by atoms with Gasteiger partial charge in [-0.3, -0.25) is 14.5 Å². The number of likely N-dealkylation sites (tertiary alicyclic amines) is 1. The first-order valence-corrected chi connectivity index (χ1v) is 7.22. The lowest BCUT2D eigenvalue weighted by molar-refractivity contribution is -0.152. The number of piperidine rings is 1. The van der Waals surface area contributed by atoms with Crippen molar-refractivity contribution in [2.45, 2.75) is 39.5 Å². The first kappa shape index (κ1) is 16.0. The van der Waals surface area contributed by atoms with Gasteiger partial charge in [-0.15, -0.1) is 0 Å². The number of carbonyl (C=O) groups is 2. The molecule has 0 N–H and O–H groups in total. The van der Waals surface area contributed by atoms with E-state index in [0.29, 0.717) is 19.8 Å². The largest absolute Gasteiger partial charge is 0.466 e. The summed E-state index contributed by atoms with van der Waals surface area (Å²) in [5.41, 5.74) is 0. The molecule has 0 aliphatic carbocycles. The van der Waals surface area contributed by atoms with Gasteiger partial charge in [-0.2, -0.15) is 0 Å². The highest BCUT2D eigenvalue weighted by molar-refractivity contribution is 5.74. The molecule has 0 radical (unpaired) electrons. The summed E-state index contributed by atoms with van der Waals surface area (Å²) >= 11 is 0. The highest BCUT2D eigenvalue weighted by atomic mass is 16.5. The summed E-state index contributed by atoms with van der Waals surface area (Å²) in [5, 5.41) is 0. The molecule has 1 fully saturated rings. The Kier molecular flexibility index (Phi) is 7.48. The second-order valence-corrected chi connectivity index (χ2v) is 4.90. The normalized spacial score (nSPS) is 20.0. The molecule has 5 nitrogen and oxygen atoms in total. The van der Waals surface area contributed by atoms with Crippen LogP contribution in [-0.2, 0) is 19.1 Å². The number of ether oxygens (including phenoxy) is 2. The van der Waals surface area contributed by atoms with E-state index >= 15 is 0 Å². The van der Waals surface area contributed by atoms with Gasteiger partial charge in [0.05, 0.1) is 25.7 Å². The first-order valence-electron chi connectivity index (χ1n) is 7.22. The van der Waals surface area contributed by atoms with E-state index in [1.807, 2.05) is 11.8 Å². The molecule has 0 bridgehead atoms. The predicted octanol–water partition coefficient (Wildman–Crippen LogP) is 1.60. The van der Waals surface area contributed by atoms with Gasteiger partial charge in [0.25, 0.3) is 0 Å². The highest BCUT2D eigenvalue weighted by Gasteiger charge is 2.27. The Morgan fingerprint density at radius 2 is 2.05 bits per heavy atom. The Balaban J connectivity index is 2.30. The molecule has 0 spiro atoms. The highest BCUT2D eigenvalue weighted by Crippen LogP contribution is 2.17. The number of nitrogens with zero attached hydrogens (tertiary/aromatic N) is 1. The predicted molar refractivity (Wildman–Crippen MR) is 71.7 cm³/mol. The summed E-state index contributed by atoms with van der Waals surface area (Å²) in [7, 11) is 0. The average molecular weight is 271 g/mol. The lowest BCUT2D eigenvalue weighted by Crippen LogP contribution is -2.42.